The van der Waals surface area contributed by atoms with E-state index in [1.54, 1.807) is 17.0 Å². The molecule has 1 atom stereocenters. The molecule has 1 saturated heterocycles. The summed E-state index contributed by atoms with van der Waals surface area (Å²) in [5, 5.41) is 16.2. The number of carbonyl (C=O) groups excluding carboxylic acids is 1. The summed E-state index contributed by atoms with van der Waals surface area (Å²) in [6.07, 6.45) is 2.84. The lowest BCUT2D eigenvalue weighted by Crippen LogP contribution is -2.29. The highest BCUT2D eigenvalue weighted by molar-refractivity contribution is 5.95. The van der Waals surface area contributed by atoms with Crippen molar-refractivity contribution in [3.63, 3.8) is 0 Å². The standard InChI is InChI=1S/C17H18N4O3/c22-16(21-8-7-13(9-21)17(23)24)12-5-3-11(4-6-12)15-18-14(19-20-15)10-1-2-10/h3-6,10,13H,1-2,7-9H2,(H,23,24)(H,18,19,20)/t13-/m0/s1. The van der Waals surface area contributed by atoms with E-state index in [4.69, 9.17) is 5.11 Å². The molecule has 2 aliphatic rings. The van der Waals surface area contributed by atoms with Gasteiger partial charge in [-0.2, -0.15) is 5.10 Å². The van der Waals surface area contributed by atoms with Crippen LogP contribution >= 0.6 is 0 Å². The number of rotatable bonds is 4. The molecular formula is C17H18N4O3. The van der Waals surface area contributed by atoms with Crippen LogP contribution in [0.1, 0.15) is 41.4 Å². The Morgan fingerprint density at radius 2 is 1.92 bits per heavy atom. The Kier molecular flexibility index (Phi) is 3.55. The van der Waals surface area contributed by atoms with Crippen LogP contribution in [0.3, 0.4) is 0 Å². The molecule has 0 spiro atoms. The molecule has 7 heteroatoms. The van der Waals surface area contributed by atoms with Crippen molar-refractivity contribution in [2.75, 3.05) is 13.1 Å². The van der Waals surface area contributed by atoms with Crippen LogP contribution < -0.4 is 0 Å². The van der Waals surface area contributed by atoms with Crippen molar-refractivity contribution in [3.05, 3.63) is 35.7 Å². The highest BCUT2D eigenvalue weighted by Crippen LogP contribution is 2.38. The SMILES string of the molecule is O=C(O)[C@H]1CCN(C(=O)c2ccc(-c3n[nH]c(C4CC4)n3)cc2)C1. The van der Waals surface area contributed by atoms with Gasteiger partial charge in [0, 0.05) is 30.1 Å². The van der Waals surface area contributed by atoms with E-state index >= 15 is 0 Å². The Morgan fingerprint density at radius 1 is 1.17 bits per heavy atom. The molecule has 1 aliphatic heterocycles. The van der Waals surface area contributed by atoms with Gasteiger partial charge in [-0.15, -0.1) is 0 Å². The van der Waals surface area contributed by atoms with Crippen LogP contribution in [0, 0.1) is 5.92 Å². The number of likely N-dealkylation sites (tertiary alicyclic amines) is 1. The second kappa shape index (κ2) is 5.74. The van der Waals surface area contributed by atoms with E-state index in [-0.39, 0.29) is 12.5 Å². The van der Waals surface area contributed by atoms with E-state index in [1.807, 2.05) is 12.1 Å². The molecule has 7 nitrogen and oxygen atoms in total. The van der Waals surface area contributed by atoms with Crippen molar-refractivity contribution in [2.24, 2.45) is 5.92 Å². The molecule has 2 aromatic rings. The summed E-state index contributed by atoms with van der Waals surface area (Å²) in [7, 11) is 0. The van der Waals surface area contributed by atoms with E-state index < -0.39 is 11.9 Å². The molecule has 4 rings (SSSR count). The highest BCUT2D eigenvalue weighted by atomic mass is 16.4. The van der Waals surface area contributed by atoms with Crippen molar-refractivity contribution in [1.29, 1.82) is 0 Å². The quantitative estimate of drug-likeness (QED) is 0.894. The maximum absolute atomic E-state index is 12.5. The molecule has 1 saturated carbocycles. The number of nitrogens with one attached hydrogen (secondary N) is 1. The molecule has 124 valence electrons. The number of aliphatic carboxylic acids is 1. The summed E-state index contributed by atoms with van der Waals surface area (Å²) in [6, 6.07) is 7.16. The fourth-order valence-electron chi connectivity index (χ4n) is 3.03. The van der Waals surface area contributed by atoms with Gasteiger partial charge in [-0.05, 0) is 31.4 Å². The molecule has 1 aromatic heterocycles. The molecule has 1 amide bonds. The third kappa shape index (κ3) is 2.77. The van der Waals surface area contributed by atoms with Crippen LogP contribution in [0.25, 0.3) is 11.4 Å². The van der Waals surface area contributed by atoms with Gasteiger partial charge >= 0.3 is 5.97 Å². The zero-order valence-electron chi connectivity index (χ0n) is 13.1. The number of hydrogen-bond donors (Lipinski definition) is 2. The number of aromatic amines is 1. The predicted octanol–water partition coefficient (Wildman–Crippen LogP) is 1.90. The maximum Gasteiger partial charge on any atom is 0.308 e. The van der Waals surface area contributed by atoms with Crippen LogP contribution in [0.5, 0.6) is 0 Å². The van der Waals surface area contributed by atoms with E-state index in [2.05, 4.69) is 15.2 Å². The Bertz CT molecular complexity index is 779. The predicted molar refractivity (Wildman–Crippen MR) is 85.4 cm³/mol. The number of carbonyl (C=O) groups is 2. The maximum atomic E-state index is 12.5. The van der Waals surface area contributed by atoms with Gasteiger partial charge in [0.25, 0.3) is 5.91 Å². The second-order valence-corrected chi connectivity index (χ2v) is 6.47. The first kappa shape index (κ1) is 14.9. The fraction of sp³-hybridized carbons (Fsp3) is 0.412. The summed E-state index contributed by atoms with van der Waals surface area (Å²) in [6.45, 7) is 0.769. The van der Waals surface area contributed by atoms with Crippen molar-refractivity contribution in [1.82, 2.24) is 20.1 Å². The number of nitrogens with zero attached hydrogens (tertiary/aromatic N) is 3. The molecule has 0 unspecified atom stereocenters. The minimum absolute atomic E-state index is 0.126. The Hall–Kier alpha value is -2.70. The number of amides is 1. The molecule has 2 heterocycles. The van der Waals surface area contributed by atoms with Crippen LogP contribution in [0.15, 0.2) is 24.3 Å². The van der Waals surface area contributed by atoms with Gasteiger partial charge in [0.05, 0.1) is 5.92 Å². The summed E-state index contributed by atoms with van der Waals surface area (Å²) in [5.74, 6) is 0.674. The van der Waals surface area contributed by atoms with Gasteiger partial charge in [0.2, 0.25) is 0 Å². The van der Waals surface area contributed by atoms with Crippen LogP contribution in [0.4, 0.5) is 0 Å². The summed E-state index contributed by atoms with van der Waals surface area (Å²) in [4.78, 5) is 29.6. The number of carboxylic acids is 1. The Morgan fingerprint density at radius 3 is 2.54 bits per heavy atom. The van der Waals surface area contributed by atoms with Gasteiger partial charge in [-0.1, -0.05) is 12.1 Å². The van der Waals surface area contributed by atoms with Crippen molar-refractivity contribution in [2.45, 2.75) is 25.2 Å². The third-order valence-electron chi connectivity index (χ3n) is 4.68. The zero-order chi connectivity index (χ0) is 16.7. The largest absolute Gasteiger partial charge is 0.481 e. The van der Waals surface area contributed by atoms with Gasteiger partial charge in [-0.25, -0.2) is 4.98 Å². The zero-order valence-corrected chi connectivity index (χ0v) is 13.1. The van der Waals surface area contributed by atoms with Crippen LogP contribution in [-0.4, -0.2) is 50.2 Å². The van der Waals surface area contributed by atoms with Crippen LogP contribution in [-0.2, 0) is 4.79 Å². The smallest absolute Gasteiger partial charge is 0.308 e. The monoisotopic (exact) mass is 326 g/mol. The van der Waals surface area contributed by atoms with Gasteiger partial charge in [0.15, 0.2) is 5.82 Å². The lowest BCUT2D eigenvalue weighted by Gasteiger charge is -2.15. The number of benzene rings is 1. The lowest BCUT2D eigenvalue weighted by molar-refractivity contribution is -0.141. The van der Waals surface area contributed by atoms with E-state index in [0.717, 1.165) is 24.2 Å². The van der Waals surface area contributed by atoms with Gasteiger partial charge in [0.1, 0.15) is 5.82 Å². The molecular weight excluding hydrogens is 308 g/mol. The summed E-state index contributed by atoms with van der Waals surface area (Å²) in [5.41, 5.74) is 1.42. The first-order valence-corrected chi connectivity index (χ1v) is 8.16. The van der Waals surface area contributed by atoms with Crippen molar-refractivity contribution >= 4 is 11.9 Å². The molecule has 1 aliphatic carbocycles. The molecule has 2 N–H and O–H groups in total. The Balaban J connectivity index is 1.47. The lowest BCUT2D eigenvalue weighted by atomic mass is 10.1. The Labute approximate surface area is 138 Å². The molecule has 0 bridgehead atoms. The average molecular weight is 326 g/mol. The summed E-state index contributed by atoms with van der Waals surface area (Å²) >= 11 is 0. The fourth-order valence-corrected chi connectivity index (χ4v) is 3.03. The minimum Gasteiger partial charge on any atom is -0.481 e. The number of aromatic nitrogens is 3. The average Bonchev–Trinajstić information content (AvgIpc) is 3.13. The number of carboxylic acid groups (broad SMARTS) is 1. The third-order valence-corrected chi connectivity index (χ3v) is 4.68. The first-order valence-electron chi connectivity index (χ1n) is 8.16. The number of H-pyrrole nitrogens is 1. The van der Waals surface area contributed by atoms with Crippen molar-refractivity contribution < 1.29 is 14.7 Å². The molecule has 0 radical (unpaired) electrons. The summed E-state index contributed by atoms with van der Waals surface area (Å²) < 4.78 is 0. The molecule has 1 aromatic carbocycles. The van der Waals surface area contributed by atoms with Gasteiger partial charge < -0.3 is 10.0 Å². The van der Waals surface area contributed by atoms with E-state index in [9.17, 15) is 9.59 Å². The van der Waals surface area contributed by atoms with Crippen LogP contribution in [0.2, 0.25) is 0 Å². The van der Waals surface area contributed by atoms with E-state index in [1.165, 1.54) is 0 Å². The van der Waals surface area contributed by atoms with Gasteiger partial charge in [-0.3, -0.25) is 14.7 Å². The second-order valence-electron chi connectivity index (χ2n) is 6.47. The van der Waals surface area contributed by atoms with Crippen molar-refractivity contribution in [3.8, 4) is 11.4 Å². The topological polar surface area (TPSA) is 99.2 Å². The highest BCUT2D eigenvalue weighted by Gasteiger charge is 2.31. The van der Waals surface area contributed by atoms with E-state index in [0.29, 0.717) is 30.3 Å². The molecule has 2 fully saturated rings. The number of hydrogen-bond acceptors (Lipinski definition) is 4. The minimum atomic E-state index is -0.836. The normalized spacial score (nSPS) is 20.3. The first-order chi connectivity index (χ1) is 11.6. The molecule has 24 heavy (non-hydrogen) atoms.